The van der Waals surface area contributed by atoms with Crippen LogP contribution < -0.4 is 0 Å². The maximum absolute atomic E-state index is 13.6. The molecule has 1 aliphatic carbocycles. The highest BCUT2D eigenvalue weighted by atomic mass is 16.5. The lowest BCUT2D eigenvalue weighted by Gasteiger charge is -2.13. The van der Waals surface area contributed by atoms with Crippen molar-refractivity contribution in [1.29, 1.82) is 0 Å². The van der Waals surface area contributed by atoms with Gasteiger partial charge >= 0.3 is 5.97 Å². The van der Waals surface area contributed by atoms with Gasteiger partial charge in [0.1, 0.15) is 11.3 Å². The standard InChI is InChI=1S/C22H24N4O4/c1-4-29-22(28)19-18(21(30-25-19)13-5-6-13)20(27)16-8-7-14(17-11-23-26-24-17)10-15(16)9-12(2)3/h7-8,10-13H,4-6,9H2,1-3H3,(H,23,24,26). The van der Waals surface area contributed by atoms with Crippen LogP contribution in [-0.2, 0) is 11.2 Å². The van der Waals surface area contributed by atoms with Gasteiger partial charge in [-0.25, -0.2) is 4.79 Å². The number of ether oxygens (including phenoxy) is 1. The number of carbonyl (C=O) groups excluding carboxylic acids is 2. The molecule has 0 amide bonds. The monoisotopic (exact) mass is 408 g/mol. The quantitative estimate of drug-likeness (QED) is 0.444. The highest BCUT2D eigenvalue weighted by Gasteiger charge is 2.38. The highest BCUT2D eigenvalue weighted by molar-refractivity contribution is 6.15. The van der Waals surface area contributed by atoms with Crippen molar-refractivity contribution < 1.29 is 18.8 Å². The van der Waals surface area contributed by atoms with Crippen LogP contribution in [0.4, 0.5) is 0 Å². The minimum Gasteiger partial charge on any atom is -0.461 e. The number of ketones is 1. The van der Waals surface area contributed by atoms with Crippen LogP contribution in [-0.4, -0.2) is 38.9 Å². The zero-order valence-electron chi connectivity index (χ0n) is 17.3. The summed E-state index contributed by atoms with van der Waals surface area (Å²) in [5.74, 6) is 0.0467. The van der Waals surface area contributed by atoms with Crippen LogP contribution in [0.25, 0.3) is 11.3 Å². The van der Waals surface area contributed by atoms with Gasteiger partial charge in [-0.1, -0.05) is 31.1 Å². The first-order chi connectivity index (χ1) is 14.5. The van der Waals surface area contributed by atoms with Crippen LogP contribution in [0.5, 0.6) is 0 Å². The van der Waals surface area contributed by atoms with Crippen LogP contribution in [0, 0.1) is 5.92 Å². The lowest BCUT2D eigenvalue weighted by atomic mass is 9.90. The fraction of sp³-hybridized carbons (Fsp3) is 0.409. The first-order valence-electron chi connectivity index (χ1n) is 10.2. The number of nitrogens with zero attached hydrogens (tertiary/aromatic N) is 3. The van der Waals surface area contributed by atoms with Gasteiger partial charge in [-0.05, 0) is 43.7 Å². The summed E-state index contributed by atoms with van der Waals surface area (Å²) in [6, 6.07) is 5.57. The third-order valence-corrected chi connectivity index (χ3v) is 5.05. The molecule has 8 heteroatoms. The van der Waals surface area contributed by atoms with Crippen molar-refractivity contribution in [1.82, 2.24) is 20.6 Å². The van der Waals surface area contributed by atoms with Crippen LogP contribution in [0.1, 0.15) is 77.3 Å². The summed E-state index contributed by atoms with van der Waals surface area (Å²) in [5.41, 5.74) is 3.18. The van der Waals surface area contributed by atoms with Crippen molar-refractivity contribution in [2.24, 2.45) is 5.92 Å². The minimum atomic E-state index is -0.638. The van der Waals surface area contributed by atoms with Gasteiger partial charge in [0, 0.05) is 17.0 Å². The number of H-pyrrole nitrogens is 1. The van der Waals surface area contributed by atoms with Crippen molar-refractivity contribution in [2.45, 2.75) is 46.0 Å². The van der Waals surface area contributed by atoms with E-state index in [2.05, 4.69) is 34.4 Å². The third kappa shape index (κ3) is 3.90. The summed E-state index contributed by atoms with van der Waals surface area (Å²) >= 11 is 0. The molecule has 1 saturated carbocycles. The molecule has 0 unspecified atom stereocenters. The second kappa shape index (κ2) is 8.22. The molecule has 4 rings (SSSR count). The molecular weight excluding hydrogens is 384 g/mol. The van der Waals surface area contributed by atoms with E-state index in [0.717, 1.165) is 24.0 Å². The maximum Gasteiger partial charge on any atom is 0.361 e. The highest BCUT2D eigenvalue weighted by Crippen LogP contribution is 2.43. The normalized spacial score (nSPS) is 13.6. The fourth-order valence-electron chi connectivity index (χ4n) is 3.54. The van der Waals surface area contributed by atoms with Crippen LogP contribution in [0.2, 0.25) is 0 Å². The van der Waals surface area contributed by atoms with Crippen LogP contribution in [0.15, 0.2) is 28.9 Å². The van der Waals surface area contributed by atoms with Gasteiger partial charge in [0.05, 0.1) is 12.8 Å². The zero-order chi connectivity index (χ0) is 21.3. The summed E-state index contributed by atoms with van der Waals surface area (Å²) in [5, 5.41) is 14.5. The smallest absolute Gasteiger partial charge is 0.361 e. The third-order valence-electron chi connectivity index (χ3n) is 5.05. The van der Waals surface area contributed by atoms with E-state index < -0.39 is 5.97 Å². The number of nitrogens with one attached hydrogen (secondary N) is 1. The summed E-state index contributed by atoms with van der Waals surface area (Å²) in [4.78, 5) is 26.1. The molecule has 0 saturated heterocycles. The van der Waals surface area contributed by atoms with E-state index in [9.17, 15) is 9.59 Å². The molecule has 0 aliphatic heterocycles. The Hall–Kier alpha value is -3.29. The van der Waals surface area contributed by atoms with Gasteiger partial charge in [0.15, 0.2) is 11.5 Å². The average molecular weight is 408 g/mol. The number of rotatable bonds is 8. The van der Waals surface area contributed by atoms with Crippen molar-refractivity contribution in [3.8, 4) is 11.3 Å². The van der Waals surface area contributed by atoms with Crippen LogP contribution in [0.3, 0.4) is 0 Å². The maximum atomic E-state index is 13.6. The molecule has 1 aromatic carbocycles. The number of aromatic amines is 1. The second-order valence-corrected chi connectivity index (χ2v) is 7.92. The Morgan fingerprint density at radius 1 is 1.30 bits per heavy atom. The average Bonchev–Trinajstić information content (AvgIpc) is 3.24. The summed E-state index contributed by atoms with van der Waals surface area (Å²) in [6.07, 6.45) is 4.18. The molecule has 1 aliphatic rings. The Labute approximate surface area is 174 Å². The molecule has 30 heavy (non-hydrogen) atoms. The van der Waals surface area contributed by atoms with E-state index in [1.807, 2.05) is 12.1 Å². The number of carbonyl (C=O) groups is 2. The van der Waals surface area contributed by atoms with E-state index >= 15 is 0 Å². The minimum absolute atomic E-state index is 0.0418. The van der Waals surface area contributed by atoms with Gasteiger partial charge < -0.3 is 9.26 Å². The Bertz CT molecular complexity index is 1070. The number of hydrogen-bond donors (Lipinski definition) is 1. The van der Waals surface area contributed by atoms with E-state index in [1.54, 1.807) is 19.2 Å². The largest absolute Gasteiger partial charge is 0.461 e. The predicted molar refractivity (Wildman–Crippen MR) is 108 cm³/mol. The lowest BCUT2D eigenvalue weighted by molar-refractivity contribution is 0.0512. The van der Waals surface area contributed by atoms with Crippen LogP contribution >= 0.6 is 0 Å². The second-order valence-electron chi connectivity index (χ2n) is 7.92. The molecule has 0 radical (unpaired) electrons. The molecule has 3 aromatic rings. The number of esters is 1. The van der Waals surface area contributed by atoms with Crippen molar-refractivity contribution >= 4 is 11.8 Å². The Balaban J connectivity index is 1.79. The number of benzene rings is 1. The summed E-state index contributed by atoms with van der Waals surface area (Å²) in [7, 11) is 0. The molecule has 156 valence electrons. The van der Waals surface area contributed by atoms with E-state index in [1.165, 1.54) is 0 Å². The molecular formula is C22H24N4O4. The molecule has 1 N–H and O–H groups in total. The predicted octanol–water partition coefficient (Wildman–Crippen LogP) is 3.94. The summed E-state index contributed by atoms with van der Waals surface area (Å²) < 4.78 is 10.5. The molecule has 2 heterocycles. The van der Waals surface area contributed by atoms with E-state index in [-0.39, 0.29) is 29.6 Å². The molecule has 0 bridgehead atoms. The fourth-order valence-corrected chi connectivity index (χ4v) is 3.54. The van der Waals surface area contributed by atoms with Gasteiger partial charge in [-0.15, -0.1) is 0 Å². The molecule has 8 nitrogen and oxygen atoms in total. The van der Waals surface area contributed by atoms with Gasteiger partial charge in [0.2, 0.25) is 5.69 Å². The number of aromatic nitrogens is 4. The van der Waals surface area contributed by atoms with Crippen molar-refractivity contribution in [2.75, 3.05) is 6.61 Å². The van der Waals surface area contributed by atoms with E-state index in [0.29, 0.717) is 29.4 Å². The lowest BCUT2D eigenvalue weighted by Crippen LogP contribution is -2.15. The summed E-state index contributed by atoms with van der Waals surface area (Å²) in [6.45, 7) is 6.10. The zero-order valence-corrected chi connectivity index (χ0v) is 17.3. The SMILES string of the molecule is CCOC(=O)c1noc(C2CC2)c1C(=O)c1ccc(-c2cn[nH]n2)cc1CC(C)C. The van der Waals surface area contributed by atoms with Crippen molar-refractivity contribution in [3.05, 3.63) is 52.5 Å². The number of hydrogen-bond acceptors (Lipinski definition) is 7. The van der Waals surface area contributed by atoms with Crippen molar-refractivity contribution in [3.63, 3.8) is 0 Å². The Kier molecular flexibility index (Phi) is 5.48. The molecule has 0 atom stereocenters. The topological polar surface area (TPSA) is 111 Å². The first kappa shape index (κ1) is 20.0. The molecule has 0 spiro atoms. The van der Waals surface area contributed by atoms with Gasteiger partial charge in [0.25, 0.3) is 0 Å². The molecule has 2 aromatic heterocycles. The van der Waals surface area contributed by atoms with Gasteiger partial charge in [-0.2, -0.15) is 15.4 Å². The van der Waals surface area contributed by atoms with E-state index in [4.69, 9.17) is 9.26 Å². The Morgan fingerprint density at radius 2 is 2.10 bits per heavy atom. The Morgan fingerprint density at radius 3 is 2.73 bits per heavy atom. The first-order valence-corrected chi connectivity index (χ1v) is 10.2. The molecule has 1 fully saturated rings. The van der Waals surface area contributed by atoms with Gasteiger partial charge in [-0.3, -0.25) is 4.79 Å².